The van der Waals surface area contributed by atoms with Crippen molar-refractivity contribution >= 4 is 34.4 Å². The molecule has 0 aromatic heterocycles. The van der Waals surface area contributed by atoms with Crippen LogP contribution in [0.3, 0.4) is 0 Å². The fourth-order valence-corrected chi connectivity index (χ4v) is 3.26. The molecule has 122 valence electrons. The summed E-state index contributed by atoms with van der Waals surface area (Å²) in [4.78, 5) is 23.6. The molecule has 2 atom stereocenters. The number of carbonyl (C=O) groups excluding carboxylic acids is 1. The SMILES string of the molecule is CSCC(C)C(=O)N[C@H](CC(=O)O)c1cccc2ccccc12. The van der Waals surface area contributed by atoms with Gasteiger partial charge >= 0.3 is 5.97 Å². The molecule has 1 amide bonds. The number of benzene rings is 2. The van der Waals surface area contributed by atoms with Crippen molar-refractivity contribution < 1.29 is 14.7 Å². The van der Waals surface area contributed by atoms with Crippen LogP contribution in [0.5, 0.6) is 0 Å². The Bertz CT molecular complexity index is 696. The first-order chi connectivity index (χ1) is 11.0. The van der Waals surface area contributed by atoms with Gasteiger partial charge < -0.3 is 10.4 Å². The minimum absolute atomic E-state index is 0.112. The van der Waals surface area contributed by atoms with E-state index >= 15 is 0 Å². The Balaban J connectivity index is 2.34. The quantitative estimate of drug-likeness (QED) is 0.815. The Morgan fingerprint density at radius 2 is 1.87 bits per heavy atom. The minimum Gasteiger partial charge on any atom is -0.481 e. The zero-order chi connectivity index (χ0) is 16.8. The smallest absolute Gasteiger partial charge is 0.305 e. The second-order valence-electron chi connectivity index (χ2n) is 5.58. The Kier molecular flexibility index (Phi) is 6.04. The van der Waals surface area contributed by atoms with Crippen molar-refractivity contribution in [1.82, 2.24) is 5.32 Å². The summed E-state index contributed by atoms with van der Waals surface area (Å²) < 4.78 is 0. The van der Waals surface area contributed by atoms with E-state index in [1.807, 2.05) is 55.6 Å². The van der Waals surface area contributed by atoms with E-state index < -0.39 is 12.0 Å². The number of carbonyl (C=O) groups is 2. The molecule has 0 aliphatic rings. The zero-order valence-corrected chi connectivity index (χ0v) is 14.1. The first-order valence-corrected chi connectivity index (χ1v) is 8.91. The van der Waals surface area contributed by atoms with Crippen LogP contribution in [0.2, 0.25) is 0 Å². The van der Waals surface area contributed by atoms with Crippen molar-refractivity contribution in [3.63, 3.8) is 0 Å². The van der Waals surface area contributed by atoms with Crippen LogP contribution in [0.15, 0.2) is 42.5 Å². The molecule has 0 saturated carbocycles. The summed E-state index contributed by atoms with van der Waals surface area (Å²) in [6.45, 7) is 1.85. The Morgan fingerprint density at radius 3 is 2.57 bits per heavy atom. The number of amides is 1. The van der Waals surface area contributed by atoms with E-state index in [1.54, 1.807) is 11.8 Å². The largest absolute Gasteiger partial charge is 0.481 e. The van der Waals surface area contributed by atoms with E-state index in [0.717, 1.165) is 16.3 Å². The molecule has 0 fully saturated rings. The predicted molar refractivity (Wildman–Crippen MR) is 94.6 cm³/mol. The highest BCUT2D eigenvalue weighted by Crippen LogP contribution is 2.26. The topological polar surface area (TPSA) is 66.4 Å². The molecule has 4 nitrogen and oxygen atoms in total. The third kappa shape index (κ3) is 4.48. The lowest BCUT2D eigenvalue weighted by atomic mass is 9.96. The number of fused-ring (bicyclic) bond motifs is 1. The fourth-order valence-electron chi connectivity index (χ4n) is 2.61. The molecule has 2 rings (SSSR count). The van der Waals surface area contributed by atoms with Gasteiger partial charge in [0.25, 0.3) is 0 Å². The van der Waals surface area contributed by atoms with Gasteiger partial charge in [-0.2, -0.15) is 11.8 Å². The number of carboxylic acids is 1. The van der Waals surface area contributed by atoms with Crippen molar-refractivity contribution in [2.45, 2.75) is 19.4 Å². The van der Waals surface area contributed by atoms with Crippen LogP contribution in [0, 0.1) is 5.92 Å². The summed E-state index contributed by atoms with van der Waals surface area (Å²) >= 11 is 1.60. The van der Waals surface area contributed by atoms with Crippen LogP contribution in [-0.4, -0.2) is 29.0 Å². The Morgan fingerprint density at radius 1 is 1.17 bits per heavy atom. The van der Waals surface area contributed by atoms with Crippen molar-refractivity contribution in [2.24, 2.45) is 5.92 Å². The minimum atomic E-state index is -0.930. The van der Waals surface area contributed by atoms with Crippen LogP contribution in [0.4, 0.5) is 0 Å². The monoisotopic (exact) mass is 331 g/mol. The van der Waals surface area contributed by atoms with E-state index in [-0.39, 0.29) is 18.2 Å². The van der Waals surface area contributed by atoms with Gasteiger partial charge in [0.2, 0.25) is 5.91 Å². The molecule has 0 saturated heterocycles. The first kappa shape index (κ1) is 17.3. The highest BCUT2D eigenvalue weighted by atomic mass is 32.2. The number of carboxylic acid groups (broad SMARTS) is 1. The molecule has 2 aromatic rings. The molecule has 0 bridgehead atoms. The van der Waals surface area contributed by atoms with Crippen LogP contribution in [0.25, 0.3) is 10.8 Å². The highest BCUT2D eigenvalue weighted by molar-refractivity contribution is 7.98. The Labute approximate surface area is 140 Å². The summed E-state index contributed by atoms with van der Waals surface area (Å²) in [6.07, 6.45) is 1.81. The van der Waals surface area contributed by atoms with Gasteiger partial charge in [-0.25, -0.2) is 0 Å². The molecule has 2 N–H and O–H groups in total. The average Bonchev–Trinajstić information content (AvgIpc) is 2.53. The normalized spacial score (nSPS) is 13.5. The van der Waals surface area contributed by atoms with Gasteiger partial charge in [0.05, 0.1) is 12.5 Å². The van der Waals surface area contributed by atoms with Crippen molar-refractivity contribution in [2.75, 3.05) is 12.0 Å². The maximum Gasteiger partial charge on any atom is 0.305 e. The fraction of sp³-hybridized carbons (Fsp3) is 0.333. The molecule has 0 spiro atoms. The second-order valence-corrected chi connectivity index (χ2v) is 6.49. The molecule has 0 aliphatic carbocycles. The van der Waals surface area contributed by atoms with Crippen LogP contribution < -0.4 is 5.32 Å². The molecule has 5 heteroatoms. The molecule has 0 aliphatic heterocycles. The number of aliphatic carboxylic acids is 1. The van der Waals surface area contributed by atoms with Crippen molar-refractivity contribution in [1.29, 1.82) is 0 Å². The number of hydrogen-bond acceptors (Lipinski definition) is 3. The molecule has 0 radical (unpaired) electrons. The van der Waals surface area contributed by atoms with Crippen molar-refractivity contribution in [3.8, 4) is 0 Å². The Hall–Kier alpha value is -2.01. The van der Waals surface area contributed by atoms with E-state index in [2.05, 4.69) is 5.32 Å². The maximum atomic E-state index is 12.3. The van der Waals surface area contributed by atoms with Crippen LogP contribution in [-0.2, 0) is 9.59 Å². The number of thioether (sulfide) groups is 1. The lowest BCUT2D eigenvalue weighted by Gasteiger charge is -2.21. The summed E-state index contributed by atoms with van der Waals surface area (Å²) in [5, 5.41) is 14.1. The highest BCUT2D eigenvalue weighted by Gasteiger charge is 2.22. The van der Waals surface area contributed by atoms with E-state index in [1.165, 1.54) is 0 Å². The molecular weight excluding hydrogens is 310 g/mol. The number of nitrogens with one attached hydrogen (secondary N) is 1. The number of rotatable bonds is 7. The van der Waals surface area contributed by atoms with E-state index in [9.17, 15) is 14.7 Å². The van der Waals surface area contributed by atoms with Gasteiger partial charge in [-0.1, -0.05) is 49.4 Å². The maximum absolute atomic E-state index is 12.3. The summed E-state index contributed by atoms with van der Waals surface area (Å²) in [7, 11) is 0. The van der Waals surface area contributed by atoms with Gasteiger partial charge in [-0.05, 0) is 22.6 Å². The third-order valence-electron chi connectivity index (χ3n) is 3.76. The molecule has 23 heavy (non-hydrogen) atoms. The van der Waals surface area contributed by atoms with Crippen LogP contribution >= 0.6 is 11.8 Å². The predicted octanol–water partition coefficient (Wildman–Crippen LogP) is 3.47. The summed E-state index contributed by atoms with van der Waals surface area (Å²) in [5.74, 6) is -0.489. The van der Waals surface area contributed by atoms with Crippen LogP contribution in [0.1, 0.15) is 24.9 Å². The van der Waals surface area contributed by atoms with Crippen molar-refractivity contribution in [3.05, 3.63) is 48.0 Å². The first-order valence-electron chi connectivity index (χ1n) is 7.51. The van der Waals surface area contributed by atoms with Gasteiger partial charge in [0.15, 0.2) is 0 Å². The standard InChI is InChI=1S/C18H21NO3S/c1-12(11-23-2)18(22)19-16(10-17(20)21)15-9-5-7-13-6-3-4-8-14(13)15/h3-9,12,16H,10-11H2,1-2H3,(H,19,22)(H,20,21)/t12?,16-/m1/s1. The van der Waals surface area contributed by atoms with Gasteiger partial charge in [-0.3, -0.25) is 9.59 Å². The molecule has 2 aromatic carbocycles. The van der Waals surface area contributed by atoms with E-state index in [4.69, 9.17) is 0 Å². The molecular formula is C18H21NO3S. The lowest BCUT2D eigenvalue weighted by molar-refractivity contribution is -0.137. The van der Waals surface area contributed by atoms with Gasteiger partial charge in [-0.15, -0.1) is 0 Å². The summed E-state index contributed by atoms with van der Waals surface area (Å²) in [6, 6.07) is 13.0. The molecule has 0 heterocycles. The second kappa shape index (κ2) is 8.02. The molecule has 1 unspecified atom stereocenters. The van der Waals surface area contributed by atoms with E-state index in [0.29, 0.717) is 5.75 Å². The third-order valence-corrected chi connectivity index (χ3v) is 4.59. The number of hydrogen-bond donors (Lipinski definition) is 2. The average molecular weight is 331 g/mol. The zero-order valence-electron chi connectivity index (χ0n) is 13.3. The van der Waals surface area contributed by atoms with Gasteiger partial charge in [0, 0.05) is 11.7 Å². The summed E-state index contributed by atoms with van der Waals surface area (Å²) in [5.41, 5.74) is 0.843. The van der Waals surface area contributed by atoms with Gasteiger partial charge in [0.1, 0.15) is 0 Å². The lowest BCUT2D eigenvalue weighted by Crippen LogP contribution is -2.35.